The SMILES string of the molecule is Brc1ccc2c(c1)C1C=c3ccccc3=CC1O2. The van der Waals surface area contributed by atoms with Crippen LogP contribution in [0.2, 0.25) is 0 Å². The van der Waals surface area contributed by atoms with Gasteiger partial charge in [0.25, 0.3) is 0 Å². The number of ether oxygens (including phenoxy) is 1. The highest BCUT2D eigenvalue weighted by Crippen LogP contribution is 2.41. The zero-order chi connectivity index (χ0) is 12.1. The molecule has 2 heteroatoms. The Balaban J connectivity index is 1.95. The Bertz CT molecular complexity index is 748. The molecule has 0 aromatic heterocycles. The lowest BCUT2D eigenvalue weighted by molar-refractivity contribution is 0.288. The van der Waals surface area contributed by atoms with E-state index in [2.05, 4.69) is 58.4 Å². The minimum Gasteiger partial charge on any atom is -0.485 e. The largest absolute Gasteiger partial charge is 0.485 e. The number of fused-ring (bicyclic) bond motifs is 4. The van der Waals surface area contributed by atoms with Crippen molar-refractivity contribution in [2.75, 3.05) is 0 Å². The first kappa shape index (κ1) is 10.4. The summed E-state index contributed by atoms with van der Waals surface area (Å²) in [6.45, 7) is 0. The van der Waals surface area contributed by atoms with Gasteiger partial charge in [0, 0.05) is 16.0 Å². The summed E-state index contributed by atoms with van der Waals surface area (Å²) in [4.78, 5) is 0. The molecule has 1 aliphatic heterocycles. The van der Waals surface area contributed by atoms with E-state index in [1.165, 1.54) is 16.0 Å². The van der Waals surface area contributed by atoms with Crippen molar-refractivity contribution < 1.29 is 4.74 Å². The zero-order valence-corrected chi connectivity index (χ0v) is 11.2. The van der Waals surface area contributed by atoms with Crippen LogP contribution in [0.3, 0.4) is 0 Å². The molecule has 1 nitrogen and oxygen atoms in total. The first-order chi connectivity index (χ1) is 8.81. The van der Waals surface area contributed by atoms with Gasteiger partial charge >= 0.3 is 0 Å². The minimum absolute atomic E-state index is 0.143. The standard InChI is InChI=1S/C16H11BrO/c17-12-5-6-15-14(9-12)13-7-10-3-1-2-4-11(10)8-16(13)18-15/h1-9,13,16H. The van der Waals surface area contributed by atoms with Crippen LogP contribution in [0.15, 0.2) is 46.9 Å². The van der Waals surface area contributed by atoms with Crippen LogP contribution in [0.25, 0.3) is 12.2 Å². The smallest absolute Gasteiger partial charge is 0.128 e. The number of rotatable bonds is 0. The van der Waals surface area contributed by atoms with Crippen LogP contribution in [-0.2, 0) is 0 Å². The molecule has 2 aliphatic rings. The Morgan fingerprint density at radius 3 is 2.56 bits per heavy atom. The number of hydrogen-bond acceptors (Lipinski definition) is 1. The van der Waals surface area contributed by atoms with Gasteiger partial charge in [0.05, 0.1) is 0 Å². The first-order valence-electron chi connectivity index (χ1n) is 6.06. The topological polar surface area (TPSA) is 9.23 Å². The van der Waals surface area contributed by atoms with Gasteiger partial charge in [-0.3, -0.25) is 0 Å². The maximum Gasteiger partial charge on any atom is 0.128 e. The average Bonchev–Trinajstić information content (AvgIpc) is 2.73. The molecule has 0 saturated heterocycles. The van der Waals surface area contributed by atoms with E-state index in [4.69, 9.17) is 4.74 Å². The summed E-state index contributed by atoms with van der Waals surface area (Å²) in [7, 11) is 0. The van der Waals surface area contributed by atoms with Gasteiger partial charge in [-0.2, -0.15) is 0 Å². The minimum atomic E-state index is 0.143. The molecule has 88 valence electrons. The quantitative estimate of drug-likeness (QED) is 0.726. The lowest BCUT2D eigenvalue weighted by atomic mass is 9.90. The van der Waals surface area contributed by atoms with Crippen molar-refractivity contribution in [1.82, 2.24) is 0 Å². The fourth-order valence-corrected chi connectivity index (χ4v) is 3.17. The van der Waals surface area contributed by atoms with Crippen LogP contribution in [0.5, 0.6) is 5.75 Å². The second-order valence-electron chi connectivity index (χ2n) is 4.75. The molecular formula is C16H11BrO. The molecule has 2 aromatic carbocycles. The molecule has 0 fully saturated rings. The van der Waals surface area contributed by atoms with Crippen LogP contribution in [-0.4, -0.2) is 6.10 Å². The molecule has 2 aromatic rings. The fourth-order valence-electron chi connectivity index (χ4n) is 2.79. The van der Waals surface area contributed by atoms with Crippen LogP contribution in [0, 0.1) is 0 Å². The van der Waals surface area contributed by atoms with E-state index in [0.717, 1.165) is 10.2 Å². The molecule has 1 heterocycles. The third-order valence-electron chi connectivity index (χ3n) is 3.65. The highest BCUT2D eigenvalue weighted by atomic mass is 79.9. The molecule has 0 saturated carbocycles. The van der Waals surface area contributed by atoms with Gasteiger partial charge in [-0.1, -0.05) is 46.3 Å². The van der Waals surface area contributed by atoms with E-state index in [9.17, 15) is 0 Å². The summed E-state index contributed by atoms with van der Waals surface area (Å²) >= 11 is 3.53. The molecule has 0 spiro atoms. The Morgan fingerprint density at radius 1 is 0.944 bits per heavy atom. The molecule has 4 rings (SSSR count). The molecule has 18 heavy (non-hydrogen) atoms. The third kappa shape index (κ3) is 1.45. The third-order valence-corrected chi connectivity index (χ3v) is 4.14. The van der Waals surface area contributed by atoms with Crippen molar-refractivity contribution in [3.8, 4) is 5.75 Å². The van der Waals surface area contributed by atoms with Gasteiger partial charge in [0.2, 0.25) is 0 Å². The predicted octanol–water partition coefficient (Wildman–Crippen LogP) is 2.57. The van der Waals surface area contributed by atoms with Gasteiger partial charge in [0.15, 0.2) is 0 Å². The Morgan fingerprint density at radius 2 is 1.72 bits per heavy atom. The molecule has 0 N–H and O–H groups in total. The van der Waals surface area contributed by atoms with Crippen molar-refractivity contribution in [2.45, 2.75) is 12.0 Å². The van der Waals surface area contributed by atoms with Crippen LogP contribution >= 0.6 is 15.9 Å². The van der Waals surface area contributed by atoms with Gasteiger partial charge in [0.1, 0.15) is 11.9 Å². The summed E-state index contributed by atoms with van der Waals surface area (Å²) in [5.74, 6) is 1.35. The fraction of sp³-hybridized carbons (Fsp3) is 0.125. The molecule has 0 radical (unpaired) electrons. The van der Waals surface area contributed by atoms with E-state index in [-0.39, 0.29) is 6.10 Å². The summed E-state index contributed by atoms with van der Waals surface area (Å²) < 4.78 is 7.12. The van der Waals surface area contributed by atoms with Crippen LogP contribution in [0.1, 0.15) is 11.5 Å². The molecule has 2 atom stereocenters. The zero-order valence-electron chi connectivity index (χ0n) is 9.64. The van der Waals surface area contributed by atoms with Gasteiger partial charge in [-0.05, 0) is 34.7 Å². The molecule has 0 amide bonds. The van der Waals surface area contributed by atoms with Crippen molar-refractivity contribution >= 4 is 28.1 Å². The molecule has 2 unspecified atom stereocenters. The van der Waals surface area contributed by atoms with Gasteiger partial charge in [-0.15, -0.1) is 0 Å². The van der Waals surface area contributed by atoms with Gasteiger partial charge in [-0.25, -0.2) is 0 Å². The maximum absolute atomic E-state index is 6.02. The number of benzene rings is 2. The maximum atomic E-state index is 6.02. The molecular weight excluding hydrogens is 288 g/mol. The number of halogens is 1. The summed E-state index contributed by atoms with van der Waals surface area (Å²) in [5, 5.41) is 2.57. The Hall–Kier alpha value is -1.54. The second-order valence-corrected chi connectivity index (χ2v) is 5.67. The Labute approximate surface area is 114 Å². The number of hydrogen-bond donors (Lipinski definition) is 0. The normalized spacial score (nSPS) is 22.9. The molecule has 1 aliphatic carbocycles. The summed E-state index contributed by atoms with van der Waals surface area (Å²) in [6, 6.07) is 14.7. The summed E-state index contributed by atoms with van der Waals surface area (Å²) in [6.07, 6.45) is 4.69. The van der Waals surface area contributed by atoms with E-state index >= 15 is 0 Å². The van der Waals surface area contributed by atoms with E-state index in [1.807, 2.05) is 12.1 Å². The lowest BCUT2D eigenvalue weighted by Crippen LogP contribution is -2.34. The van der Waals surface area contributed by atoms with Crippen LogP contribution in [0.4, 0.5) is 0 Å². The average molecular weight is 299 g/mol. The van der Waals surface area contributed by atoms with E-state index < -0.39 is 0 Å². The Kier molecular flexibility index (Phi) is 2.15. The van der Waals surface area contributed by atoms with E-state index in [0.29, 0.717) is 5.92 Å². The van der Waals surface area contributed by atoms with Gasteiger partial charge < -0.3 is 4.74 Å². The predicted molar refractivity (Wildman–Crippen MR) is 75.9 cm³/mol. The summed E-state index contributed by atoms with van der Waals surface area (Å²) in [5.41, 5.74) is 1.28. The molecule has 0 bridgehead atoms. The second kappa shape index (κ2) is 3.72. The van der Waals surface area contributed by atoms with Crippen molar-refractivity contribution in [1.29, 1.82) is 0 Å². The lowest BCUT2D eigenvalue weighted by Gasteiger charge is -2.15. The van der Waals surface area contributed by atoms with E-state index in [1.54, 1.807) is 0 Å². The highest BCUT2D eigenvalue weighted by molar-refractivity contribution is 9.10. The monoisotopic (exact) mass is 298 g/mol. The first-order valence-corrected chi connectivity index (χ1v) is 6.85. The van der Waals surface area contributed by atoms with Crippen LogP contribution < -0.4 is 15.2 Å². The van der Waals surface area contributed by atoms with Crippen molar-refractivity contribution in [3.63, 3.8) is 0 Å². The van der Waals surface area contributed by atoms with Crippen molar-refractivity contribution in [2.24, 2.45) is 0 Å². The highest BCUT2D eigenvalue weighted by Gasteiger charge is 2.32. The van der Waals surface area contributed by atoms with Crippen molar-refractivity contribution in [3.05, 3.63) is 62.9 Å².